The Hall–Kier alpha value is -2.04. The molecule has 0 aromatic heterocycles. The fourth-order valence-electron chi connectivity index (χ4n) is 2.93. The maximum atomic E-state index is 11.9. The summed E-state index contributed by atoms with van der Waals surface area (Å²) in [5, 5.41) is 5.82. The van der Waals surface area contributed by atoms with Crippen LogP contribution in [0.15, 0.2) is 66.7 Å². The Balaban J connectivity index is 0.000000552. The Morgan fingerprint density at radius 2 is 1.50 bits per heavy atom. The van der Waals surface area contributed by atoms with Crippen molar-refractivity contribution in [2.24, 2.45) is 5.92 Å². The van der Waals surface area contributed by atoms with Crippen molar-refractivity contribution in [3.8, 4) is 0 Å². The Bertz CT molecular complexity index is 596. The van der Waals surface area contributed by atoms with Crippen LogP contribution in [0.1, 0.15) is 31.4 Å². The van der Waals surface area contributed by atoms with Gasteiger partial charge in [0, 0.05) is 19.0 Å². The van der Waals surface area contributed by atoms with Crippen molar-refractivity contribution in [3.63, 3.8) is 0 Å². The van der Waals surface area contributed by atoms with Crippen LogP contribution in [0, 0.1) is 5.92 Å². The molecule has 5 heteroatoms. The third-order valence-corrected chi connectivity index (χ3v) is 4.37. The molecule has 0 aliphatic rings. The van der Waals surface area contributed by atoms with Crippen molar-refractivity contribution in [1.82, 2.24) is 15.5 Å². The van der Waals surface area contributed by atoms with Gasteiger partial charge >= 0.3 is 6.03 Å². The molecule has 0 spiro atoms. The molecule has 2 rings (SSSR count). The van der Waals surface area contributed by atoms with E-state index in [0.717, 1.165) is 24.9 Å². The molecule has 2 N–H and O–H groups in total. The molecule has 2 aromatic rings. The Kier molecular flexibility index (Phi) is 12.8. The van der Waals surface area contributed by atoms with Gasteiger partial charge in [0.05, 0.1) is 6.04 Å². The maximum Gasteiger partial charge on any atom is 0.315 e. The zero-order valence-corrected chi connectivity index (χ0v) is 18.0. The summed E-state index contributed by atoms with van der Waals surface area (Å²) in [6, 6.07) is 22.0. The number of hydrogen-bond acceptors (Lipinski definition) is 2. The number of benzene rings is 2. The molecular weight excluding hydrogens is 370 g/mol. The highest BCUT2D eigenvalue weighted by molar-refractivity contribution is 6.18. The molecule has 28 heavy (non-hydrogen) atoms. The predicted octanol–water partition coefficient (Wildman–Crippen LogP) is 4.93. The van der Waals surface area contributed by atoms with E-state index in [1.807, 2.05) is 54.6 Å². The van der Waals surface area contributed by atoms with Gasteiger partial charge in [0.1, 0.15) is 0 Å². The lowest BCUT2D eigenvalue weighted by molar-refractivity contribution is 0.235. The highest BCUT2D eigenvalue weighted by atomic mass is 35.5. The summed E-state index contributed by atoms with van der Waals surface area (Å²) in [6.45, 7) is 3.78. The summed E-state index contributed by atoms with van der Waals surface area (Å²) in [5.74, 6) is 1.01. The standard InChI is InChI=1S/C17H28ClN3O.C6H6/c1-14(13-21(2)3)9-10-16(15-7-5-4-6-8-15)20-17(22)19-12-11-18;1-2-4-6-5-3-1/h4-8,14,16H,9-13H2,1-3H3,(H2,19,20,22);1-6H. The predicted molar refractivity (Wildman–Crippen MR) is 120 cm³/mol. The van der Waals surface area contributed by atoms with Crippen molar-refractivity contribution in [3.05, 3.63) is 72.3 Å². The highest BCUT2D eigenvalue weighted by Crippen LogP contribution is 2.21. The number of alkyl halides is 1. The molecule has 154 valence electrons. The van der Waals surface area contributed by atoms with Crippen LogP contribution in [0.25, 0.3) is 0 Å². The summed E-state index contributed by atoms with van der Waals surface area (Å²) in [4.78, 5) is 14.1. The highest BCUT2D eigenvalue weighted by Gasteiger charge is 2.16. The van der Waals surface area contributed by atoms with E-state index in [2.05, 4.69) is 48.7 Å². The van der Waals surface area contributed by atoms with Crippen LogP contribution in [0.3, 0.4) is 0 Å². The minimum Gasteiger partial charge on any atom is -0.337 e. The van der Waals surface area contributed by atoms with Crippen LogP contribution < -0.4 is 10.6 Å². The number of carbonyl (C=O) groups is 1. The van der Waals surface area contributed by atoms with Gasteiger partial charge in [0.25, 0.3) is 0 Å². The van der Waals surface area contributed by atoms with Crippen molar-refractivity contribution in [2.45, 2.75) is 25.8 Å². The fraction of sp³-hybridized carbons (Fsp3) is 0.435. The molecule has 2 atom stereocenters. The van der Waals surface area contributed by atoms with E-state index in [4.69, 9.17) is 11.6 Å². The van der Waals surface area contributed by atoms with E-state index < -0.39 is 0 Å². The molecule has 0 radical (unpaired) electrons. The molecule has 2 unspecified atom stereocenters. The second-order valence-electron chi connectivity index (χ2n) is 7.15. The summed E-state index contributed by atoms with van der Waals surface area (Å²) < 4.78 is 0. The van der Waals surface area contributed by atoms with Crippen molar-refractivity contribution in [2.75, 3.05) is 33.1 Å². The lowest BCUT2D eigenvalue weighted by atomic mass is 9.96. The number of urea groups is 1. The van der Waals surface area contributed by atoms with Crippen molar-refractivity contribution in [1.29, 1.82) is 0 Å². The zero-order chi connectivity index (χ0) is 20.6. The average molecular weight is 404 g/mol. The van der Waals surface area contributed by atoms with E-state index in [-0.39, 0.29) is 12.1 Å². The monoisotopic (exact) mass is 403 g/mol. The van der Waals surface area contributed by atoms with Gasteiger partial charge in [0.2, 0.25) is 0 Å². The number of nitrogens with one attached hydrogen (secondary N) is 2. The minimum atomic E-state index is -0.158. The van der Waals surface area contributed by atoms with Crippen molar-refractivity contribution >= 4 is 17.6 Å². The largest absolute Gasteiger partial charge is 0.337 e. The summed E-state index contributed by atoms with van der Waals surface area (Å²) in [5.41, 5.74) is 1.14. The second-order valence-corrected chi connectivity index (χ2v) is 7.53. The normalized spacial score (nSPS) is 12.5. The smallest absolute Gasteiger partial charge is 0.315 e. The SMILES string of the molecule is CC(CCC(NC(=O)NCCCl)c1ccccc1)CN(C)C.c1ccccc1. The fourth-order valence-corrected chi connectivity index (χ4v) is 3.02. The Morgan fingerprint density at radius 1 is 0.964 bits per heavy atom. The van der Waals surface area contributed by atoms with Gasteiger partial charge in [-0.25, -0.2) is 4.79 Å². The molecule has 2 amide bonds. The molecule has 0 bridgehead atoms. The number of amides is 2. The quantitative estimate of drug-likeness (QED) is 0.583. The maximum absolute atomic E-state index is 11.9. The molecular formula is C23H34ClN3O. The Labute approximate surface area is 175 Å². The van der Waals surface area contributed by atoms with Gasteiger partial charge in [-0.05, 0) is 38.4 Å². The average Bonchev–Trinajstić information content (AvgIpc) is 2.71. The first-order chi connectivity index (χ1) is 13.5. The second kappa shape index (κ2) is 14.9. The number of carbonyl (C=O) groups excluding carboxylic acids is 1. The minimum absolute atomic E-state index is 0.0288. The van der Waals surface area contributed by atoms with E-state index in [0.29, 0.717) is 18.3 Å². The molecule has 0 aliphatic heterocycles. The molecule has 4 nitrogen and oxygen atoms in total. The first-order valence-electron chi connectivity index (χ1n) is 9.83. The molecule has 0 heterocycles. The first kappa shape index (κ1) is 24.0. The number of rotatable bonds is 9. The number of halogens is 1. The van der Waals surface area contributed by atoms with Gasteiger partial charge in [-0.15, -0.1) is 11.6 Å². The zero-order valence-electron chi connectivity index (χ0n) is 17.3. The van der Waals surface area contributed by atoms with Crippen LogP contribution in [0.5, 0.6) is 0 Å². The van der Waals surface area contributed by atoms with Gasteiger partial charge in [-0.3, -0.25) is 0 Å². The third kappa shape index (κ3) is 11.6. The number of hydrogen-bond donors (Lipinski definition) is 2. The summed E-state index contributed by atoms with van der Waals surface area (Å²) >= 11 is 5.60. The van der Waals surface area contributed by atoms with Crippen LogP contribution in [-0.4, -0.2) is 44.0 Å². The van der Waals surface area contributed by atoms with Crippen LogP contribution in [-0.2, 0) is 0 Å². The number of nitrogens with zero attached hydrogens (tertiary/aromatic N) is 1. The molecule has 2 aromatic carbocycles. The van der Waals surface area contributed by atoms with E-state index in [9.17, 15) is 4.79 Å². The lowest BCUT2D eigenvalue weighted by Crippen LogP contribution is -2.39. The molecule has 0 saturated heterocycles. The molecule has 0 saturated carbocycles. The van der Waals surface area contributed by atoms with Gasteiger partial charge in [-0.1, -0.05) is 73.7 Å². The lowest BCUT2D eigenvalue weighted by Gasteiger charge is -2.23. The Morgan fingerprint density at radius 3 is 2.00 bits per heavy atom. The summed E-state index contributed by atoms with van der Waals surface area (Å²) in [7, 11) is 4.17. The topological polar surface area (TPSA) is 44.4 Å². The van der Waals surface area contributed by atoms with E-state index in [1.165, 1.54) is 0 Å². The van der Waals surface area contributed by atoms with Crippen LogP contribution in [0.2, 0.25) is 0 Å². The van der Waals surface area contributed by atoms with Crippen LogP contribution in [0.4, 0.5) is 4.79 Å². The first-order valence-corrected chi connectivity index (χ1v) is 10.4. The molecule has 0 aliphatic carbocycles. The summed E-state index contributed by atoms with van der Waals surface area (Å²) in [6.07, 6.45) is 1.99. The third-order valence-electron chi connectivity index (χ3n) is 4.18. The van der Waals surface area contributed by atoms with Crippen molar-refractivity contribution < 1.29 is 4.79 Å². The van der Waals surface area contributed by atoms with E-state index >= 15 is 0 Å². The van der Waals surface area contributed by atoms with Gasteiger partial charge in [-0.2, -0.15) is 0 Å². The van der Waals surface area contributed by atoms with Crippen LogP contribution >= 0.6 is 11.6 Å². The molecule has 0 fully saturated rings. The van der Waals surface area contributed by atoms with Gasteiger partial charge in [0.15, 0.2) is 0 Å². The van der Waals surface area contributed by atoms with E-state index in [1.54, 1.807) is 0 Å². The van der Waals surface area contributed by atoms with Gasteiger partial charge < -0.3 is 15.5 Å².